The normalized spacial score (nSPS) is 12.6. The largest absolute Gasteiger partial charge is 0.453 e. The fraction of sp³-hybridized carbons (Fsp3) is 0.286. The number of halogens is 2. The van der Waals surface area contributed by atoms with E-state index in [4.69, 9.17) is 16.0 Å². The first-order valence-corrected chi connectivity index (χ1v) is 7.09. The fourth-order valence-corrected chi connectivity index (χ4v) is 2.43. The minimum absolute atomic E-state index is 0.285. The van der Waals surface area contributed by atoms with Crippen molar-refractivity contribution in [3.05, 3.63) is 57.4 Å². The van der Waals surface area contributed by atoms with Crippen LogP contribution in [0.3, 0.4) is 0 Å². The van der Waals surface area contributed by atoms with Gasteiger partial charge >= 0.3 is 0 Å². The molecular formula is C14H15BrClNO. The Labute approximate surface area is 120 Å². The Morgan fingerprint density at radius 3 is 2.78 bits per heavy atom. The minimum Gasteiger partial charge on any atom is -0.453 e. The third-order valence-electron chi connectivity index (χ3n) is 2.81. The molecule has 1 aromatic carbocycles. The molecule has 1 aromatic heterocycles. The van der Waals surface area contributed by atoms with Crippen LogP contribution >= 0.6 is 27.5 Å². The molecule has 2 rings (SSSR count). The summed E-state index contributed by atoms with van der Waals surface area (Å²) in [6, 6.07) is 12.1. The maximum Gasteiger partial charge on any atom is 0.169 e. The highest BCUT2D eigenvalue weighted by atomic mass is 79.9. The van der Waals surface area contributed by atoms with E-state index in [0.29, 0.717) is 6.54 Å². The standard InChI is InChI=1S/C14H15BrClNO/c1-2-13(10-4-3-5-11(16)8-10)17-9-12-6-7-14(15)18-12/h3-8,13,17H,2,9H2,1H3. The zero-order chi connectivity index (χ0) is 13.0. The number of benzene rings is 1. The summed E-state index contributed by atoms with van der Waals surface area (Å²) in [5.41, 5.74) is 1.20. The van der Waals surface area contributed by atoms with Gasteiger partial charge in [-0.1, -0.05) is 30.7 Å². The number of nitrogens with one attached hydrogen (secondary N) is 1. The van der Waals surface area contributed by atoms with Crippen LogP contribution in [0.5, 0.6) is 0 Å². The highest BCUT2D eigenvalue weighted by Gasteiger charge is 2.10. The number of hydrogen-bond acceptors (Lipinski definition) is 2. The van der Waals surface area contributed by atoms with Gasteiger partial charge in [-0.2, -0.15) is 0 Å². The van der Waals surface area contributed by atoms with Crippen LogP contribution in [0.25, 0.3) is 0 Å². The van der Waals surface area contributed by atoms with Crippen LogP contribution in [-0.2, 0) is 6.54 Å². The Bertz CT molecular complexity index is 512. The van der Waals surface area contributed by atoms with Gasteiger partial charge in [-0.3, -0.25) is 0 Å². The van der Waals surface area contributed by atoms with Gasteiger partial charge < -0.3 is 9.73 Å². The number of rotatable bonds is 5. The lowest BCUT2D eigenvalue weighted by molar-refractivity contribution is 0.433. The van der Waals surface area contributed by atoms with Gasteiger partial charge in [-0.05, 0) is 52.2 Å². The smallest absolute Gasteiger partial charge is 0.169 e. The Morgan fingerprint density at radius 1 is 1.33 bits per heavy atom. The molecule has 2 nitrogen and oxygen atoms in total. The second kappa shape index (κ2) is 6.41. The molecule has 0 aliphatic rings. The molecule has 1 unspecified atom stereocenters. The summed E-state index contributed by atoms with van der Waals surface area (Å²) in [6.45, 7) is 2.85. The second-order valence-corrected chi connectivity index (χ2v) is 5.32. The zero-order valence-corrected chi connectivity index (χ0v) is 12.5. The zero-order valence-electron chi connectivity index (χ0n) is 10.1. The van der Waals surface area contributed by atoms with E-state index in [2.05, 4.69) is 34.2 Å². The molecule has 1 N–H and O–H groups in total. The van der Waals surface area contributed by atoms with E-state index in [1.54, 1.807) is 0 Å². The average Bonchev–Trinajstić information content (AvgIpc) is 2.76. The molecule has 0 amide bonds. The lowest BCUT2D eigenvalue weighted by Gasteiger charge is -2.16. The van der Waals surface area contributed by atoms with Crippen molar-refractivity contribution in [1.29, 1.82) is 0 Å². The van der Waals surface area contributed by atoms with Gasteiger partial charge in [-0.15, -0.1) is 0 Å². The topological polar surface area (TPSA) is 25.2 Å². The molecule has 0 bridgehead atoms. The highest BCUT2D eigenvalue weighted by molar-refractivity contribution is 9.10. The predicted octanol–water partition coefficient (Wildman–Crippen LogP) is 4.94. The van der Waals surface area contributed by atoms with Crippen LogP contribution in [0.4, 0.5) is 0 Å². The van der Waals surface area contributed by atoms with Crippen LogP contribution in [0.15, 0.2) is 45.5 Å². The van der Waals surface area contributed by atoms with Gasteiger partial charge in [0.05, 0.1) is 6.54 Å². The highest BCUT2D eigenvalue weighted by Crippen LogP contribution is 2.21. The molecule has 96 valence electrons. The Morgan fingerprint density at radius 2 is 2.17 bits per heavy atom. The van der Waals surface area contributed by atoms with Crippen molar-refractivity contribution in [2.45, 2.75) is 25.9 Å². The van der Waals surface area contributed by atoms with Gasteiger partial charge in [0, 0.05) is 11.1 Å². The van der Waals surface area contributed by atoms with Gasteiger partial charge in [0.1, 0.15) is 5.76 Å². The molecule has 0 saturated carbocycles. The second-order valence-electron chi connectivity index (χ2n) is 4.10. The van der Waals surface area contributed by atoms with Crippen LogP contribution in [0.1, 0.15) is 30.7 Å². The van der Waals surface area contributed by atoms with E-state index < -0.39 is 0 Å². The molecule has 0 radical (unpaired) electrons. The van der Waals surface area contributed by atoms with Gasteiger partial charge in [0.15, 0.2) is 4.67 Å². The van der Waals surface area contributed by atoms with Gasteiger partial charge in [0.25, 0.3) is 0 Å². The van der Waals surface area contributed by atoms with E-state index >= 15 is 0 Å². The third kappa shape index (κ3) is 3.61. The molecule has 2 aromatic rings. The summed E-state index contributed by atoms with van der Waals surface area (Å²) < 4.78 is 6.23. The van der Waals surface area contributed by atoms with Gasteiger partial charge in [0.2, 0.25) is 0 Å². The molecule has 4 heteroatoms. The van der Waals surface area contributed by atoms with E-state index in [1.807, 2.05) is 30.3 Å². The van der Waals surface area contributed by atoms with Crippen molar-refractivity contribution in [3.63, 3.8) is 0 Å². The maximum atomic E-state index is 6.01. The minimum atomic E-state index is 0.285. The summed E-state index contributed by atoms with van der Waals surface area (Å²) in [4.78, 5) is 0. The summed E-state index contributed by atoms with van der Waals surface area (Å²) in [5.74, 6) is 0.919. The van der Waals surface area contributed by atoms with E-state index in [9.17, 15) is 0 Å². The monoisotopic (exact) mass is 327 g/mol. The Balaban J connectivity index is 2.01. The van der Waals surface area contributed by atoms with E-state index in [1.165, 1.54) is 5.56 Å². The predicted molar refractivity (Wildman–Crippen MR) is 77.7 cm³/mol. The lowest BCUT2D eigenvalue weighted by atomic mass is 10.0. The Hall–Kier alpha value is -0.770. The van der Waals surface area contributed by atoms with Crippen molar-refractivity contribution in [2.75, 3.05) is 0 Å². The van der Waals surface area contributed by atoms with Gasteiger partial charge in [-0.25, -0.2) is 0 Å². The lowest BCUT2D eigenvalue weighted by Crippen LogP contribution is -2.19. The third-order valence-corrected chi connectivity index (χ3v) is 3.47. The van der Waals surface area contributed by atoms with Crippen LogP contribution in [0.2, 0.25) is 5.02 Å². The van der Waals surface area contributed by atoms with Crippen molar-refractivity contribution < 1.29 is 4.42 Å². The summed E-state index contributed by atoms with van der Waals surface area (Å²) in [7, 11) is 0. The first-order valence-electron chi connectivity index (χ1n) is 5.92. The summed E-state index contributed by atoms with van der Waals surface area (Å²) >= 11 is 9.31. The maximum absolute atomic E-state index is 6.01. The average molecular weight is 329 g/mol. The quantitative estimate of drug-likeness (QED) is 0.841. The van der Waals surface area contributed by atoms with Crippen molar-refractivity contribution in [1.82, 2.24) is 5.32 Å². The molecule has 1 heterocycles. The van der Waals surface area contributed by atoms with Crippen LogP contribution in [-0.4, -0.2) is 0 Å². The van der Waals surface area contributed by atoms with Crippen molar-refractivity contribution in [3.8, 4) is 0 Å². The number of hydrogen-bond donors (Lipinski definition) is 1. The first kappa shape index (κ1) is 13.7. The molecule has 18 heavy (non-hydrogen) atoms. The molecule has 0 aliphatic carbocycles. The number of furan rings is 1. The van der Waals surface area contributed by atoms with Crippen molar-refractivity contribution in [2.24, 2.45) is 0 Å². The first-order chi connectivity index (χ1) is 8.69. The molecule has 1 atom stereocenters. The molecular weight excluding hydrogens is 314 g/mol. The molecule has 0 spiro atoms. The fourth-order valence-electron chi connectivity index (χ4n) is 1.89. The summed E-state index contributed by atoms with van der Waals surface area (Å²) in [5, 5.41) is 4.24. The SMILES string of the molecule is CCC(NCc1ccc(Br)o1)c1cccc(Cl)c1. The summed E-state index contributed by atoms with van der Waals surface area (Å²) in [6.07, 6.45) is 1.00. The molecule has 0 fully saturated rings. The van der Waals surface area contributed by atoms with Crippen LogP contribution < -0.4 is 5.32 Å². The van der Waals surface area contributed by atoms with E-state index in [-0.39, 0.29) is 6.04 Å². The molecule has 0 aliphatic heterocycles. The van der Waals surface area contributed by atoms with Crippen molar-refractivity contribution >= 4 is 27.5 Å². The van der Waals surface area contributed by atoms with Crippen LogP contribution in [0, 0.1) is 0 Å². The Kier molecular flexibility index (Phi) is 4.87. The molecule has 0 saturated heterocycles. The van der Waals surface area contributed by atoms with E-state index in [0.717, 1.165) is 21.9 Å².